The summed E-state index contributed by atoms with van der Waals surface area (Å²) in [5.41, 5.74) is 1.44. The van der Waals surface area contributed by atoms with E-state index < -0.39 is 29.2 Å². The van der Waals surface area contributed by atoms with Crippen molar-refractivity contribution in [2.24, 2.45) is 11.0 Å². The lowest BCUT2D eigenvalue weighted by atomic mass is 9.86. The molecule has 2 unspecified atom stereocenters. The molecule has 3 rings (SSSR count). The number of rotatable bonds is 2. The molecule has 1 saturated heterocycles. The first kappa shape index (κ1) is 14.5. The summed E-state index contributed by atoms with van der Waals surface area (Å²) in [6.45, 7) is 1.52. The molecule has 0 spiro atoms. The fraction of sp³-hybridized carbons (Fsp3) is 0.286. The summed E-state index contributed by atoms with van der Waals surface area (Å²) in [6.07, 6.45) is 0. The number of nitrogens with one attached hydrogen (secondary N) is 1. The van der Waals surface area contributed by atoms with Gasteiger partial charge in [-0.2, -0.15) is 5.10 Å². The molecule has 2 heterocycles. The maximum absolute atomic E-state index is 12.7. The lowest BCUT2D eigenvalue weighted by molar-refractivity contribution is -0.133. The smallest absolute Gasteiger partial charge is 0.355 e. The number of hydrogen-bond donors (Lipinski definition) is 1. The first-order valence-corrected chi connectivity index (χ1v) is 6.85. The number of hydrogen-bond acceptors (Lipinski definition) is 6. The summed E-state index contributed by atoms with van der Waals surface area (Å²) in [4.78, 5) is 38.1. The van der Waals surface area contributed by atoms with Crippen molar-refractivity contribution in [3.05, 3.63) is 29.3 Å². The zero-order valence-corrected chi connectivity index (χ0v) is 12.5. The lowest BCUT2D eigenvalue weighted by Crippen LogP contribution is -2.48. The molecule has 8 heteroatoms. The Morgan fingerprint density at radius 1 is 1.41 bits per heavy atom. The molecular formula is C14H12ClN3O4. The molecule has 2 aliphatic heterocycles. The van der Waals surface area contributed by atoms with Gasteiger partial charge in [-0.15, -0.1) is 0 Å². The summed E-state index contributed by atoms with van der Waals surface area (Å²) in [6, 6.07) is 6.51. The van der Waals surface area contributed by atoms with Gasteiger partial charge in [-0.3, -0.25) is 15.0 Å². The number of imide groups is 1. The maximum atomic E-state index is 12.7. The van der Waals surface area contributed by atoms with Gasteiger partial charge >= 0.3 is 5.97 Å². The molecule has 0 saturated carbocycles. The van der Waals surface area contributed by atoms with E-state index in [4.69, 9.17) is 11.6 Å². The molecule has 2 aliphatic rings. The average Bonchev–Trinajstić information content (AvgIpc) is 2.95. The molecule has 1 N–H and O–H groups in total. The lowest BCUT2D eigenvalue weighted by Gasteiger charge is -2.20. The molecule has 0 radical (unpaired) electrons. The van der Waals surface area contributed by atoms with Crippen LogP contribution in [0.5, 0.6) is 0 Å². The van der Waals surface area contributed by atoms with Gasteiger partial charge in [0.1, 0.15) is 11.5 Å². The Morgan fingerprint density at radius 2 is 2.09 bits per heavy atom. The quantitative estimate of drug-likeness (QED) is 0.640. The highest BCUT2D eigenvalue weighted by Gasteiger charge is 2.63. The number of anilines is 1. The molecular weight excluding hydrogens is 310 g/mol. The van der Waals surface area contributed by atoms with Crippen molar-refractivity contribution in [3.63, 3.8) is 0 Å². The molecule has 114 valence electrons. The Balaban J connectivity index is 2.07. The predicted molar refractivity (Wildman–Crippen MR) is 78.4 cm³/mol. The Hall–Kier alpha value is -2.41. The van der Waals surface area contributed by atoms with Crippen LogP contribution >= 0.6 is 11.6 Å². The van der Waals surface area contributed by atoms with Gasteiger partial charge in [0.15, 0.2) is 5.71 Å². The number of carbonyl (C=O) groups excluding carboxylic acids is 3. The molecule has 1 aromatic rings. The van der Waals surface area contributed by atoms with E-state index >= 15 is 0 Å². The Bertz CT molecular complexity index is 733. The van der Waals surface area contributed by atoms with Crippen molar-refractivity contribution < 1.29 is 19.1 Å². The number of methoxy groups -OCH3 is 1. The minimum atomic E-state index is -1.32. The van der Waals surface area contributed by atoms with Crippen LogP contribution in [0.3, 0.4) is 0 Å². The highest BCUT2D eigenvalue weighted by atomic mass is 35.5. The fourth-order valence-electron chi connectivity index (χ4n) is 2.70. The van der Waals surface area contributed by atoms with Crippen molar-refractivity contribution in [2.45, 2.75) is 12.5 Å². The van der Waals surface area contributed by atoms with Crippen LogP contribution in [0.1, 0.15) is 6.92 Å². The number of esters is 1. The van der Waals surface area contributed by atoms with Crippen LogP contribution in [0.25, 0.3) is 0 Å². The molecule has 7 nitrogen and oxygen atoms in total. The van der Waals surface area contributed by atoms with E-state index in [2.05, 4.69) is 15.3 Å². The van der Waals surface area contributed by atoms with Gasteiger partial charge in [0, 0.05) is 0 Å². The third-order valence-corrected chi connectivity index (χ3v) is 4.18. The maximum Gasteiger partial charge on any atom is 0.355 e. The first-order chi connectivity index (χ1) is 10.4. The predicted octanol–water partition coefficient (Wildman–Crippen LogP) is 0.720. The number of nitrogens with zero attached hydrogens (tertiary/aromatic N) is 2. The number of fused-ring (bicyclic) bond motifs is 1. The molecule has 0 bridgehead atoms. The molecule has 2 amide bonds. The van der Waals surface area contributed by atoms with Crippen molar-refractivity contribution in [2.75, 3.05) is 12.0 Å². The number of para-hydroxylation sites is 1. The van der Waals surface area contributed by atoms with Crippen LogP contribution in [-0.4, -0.2) is 36.1 Å². The second kappa shape index (κ2) is 4.81. The Morgan fingerprint density at radius 3 is 2.73 bits per heavy atom. The zero-order chi connectivity index (χ0) is 16.1. The van der Waals surface area contributed by atoms with Gasteiger partial charge in [0.05, 0.1) is 17.8 Å². The van der Waals surface area contributed by atoms with Crippen LogP contribution in [-0.2, 0) is 19.1 Å². The van der Waals surface area contributed by atoms with Crippen LogP contribution in [0.15, 0.2) is 29.4 Å². The van der Waals surface area contributed by atoms with E-state index in [-0.39, 0.29) is 16.4 Å². The SMILES string of the molecule is COC(=O)C1=NNC2(C)C(=O)N(c3ccccc3Cl)C(=O)C12. The minimum absolute atomic E-state index is 0.113. The standard InChI is InChI=1S/C14H12ClN3O4/c1-14-9(10(16-17-14)12(20)22-2)11(19)18(13(14)21)8-6-4-3-5-7(8)15/h3-6,9,17H,1-2H3. The molecule has 22 heavy (non-hydrogen) atoms. The van der Waals surface area contributed by atoms with Crippen LogP contribution in [0, 0.1) is 5.92 Å². The van der Waals surface area contributed by atoms with E-state index in [0.717, 1.165) is 4.90 Å². The Labute approximate surface area is 130 Å². The van der Waals surface area contributed by atoms with Gasteiger partial charge in [-0.25, -0.2) is 9.69 Å². The van der Waals surface area contributed by atoms with Crippen molar-refractivity contribution in [3.8, 4) is 0 Å². The van der Waals surface area contributed by atoms with E-state index in [9.17, 15) is 14.4 Å². The number of halogens is 1. The largest absolute Gasteiger partial charge is 0.464 e. The first-order valence-electron chi connectivity index (χ1n) is 6.48. The second-order valence-electron chi connectivity index (χ2n) is 5.17. The normalized spacial score (nSPS) is 26.6. The monoisotopic (exact) mass is 321 g/mol. The van der Waals surface area contributed by atoms with E-state index in [1.807, 2.05) is 0 Å². The molecule has 0 aromatic heterocycles. The molecule has 0 aliphatic carbocycles. The summed E-state index contributed by atoms with van der Waals surface area (Å²) in [5.74, 6) is -2.86. The van der Waals surface area contributed by atoms with Crippen molar-refractivity contribution >= 4 is 40.8 Å². The van der Waals surface area contributed by atoms with E-state index in [1.54, 1.807) is 24.3 Å². The van der Waals surface area contributed by atoms with E-state index in [1.165, 1.54) is 14.0 Å². The minimum Gasteiger partial charge on any atom is -0.464 e. The van der Waals surface area contributed by atoms with Crippen LogP contribution in [0.2, 0.25) is 5.02 Å². The number of ether oxygens (including phenoxy) is 1. The number of hydrazone groups is 1. The van der Waals surface area contributed by atoms with Gasteiger partial charge in [0.2, 0.25) is 5.91 Å². The van der Waals surface area contributed by atoms with Crippen molar-refractivity contribution in [1.82, 2.24) is 5.43 Å². The average molecular weight is 322 g/mol. The van der Waals surface area contributed by atoms with Gasteiger partial charge in [0.25, 0.3) is 5.91 Å². The van der Waals surface area contributed by atoms with Crippen molar-refractivity contribution in [1.29, 1.82) is 0 Å². The van der Waals surface area contributed by atoms with Crippen LogP contribution < -0.4 is 10.3 Å². The molecule has 1 aromatic carbocycles. The van der Waals surface area contributed by atoms with E-state index in [0.29, 0.717) is 0 Å². The third kappa shape index (κ3) is 1.75. The molecule has 2 atom stereocenters. The summed E-state index contributed by atoms with van der Waals surface area (Å²) in [7, 11) is 1.19. The highest BCUT2D eigenvalue weighted by molar-refractivity contribution is 6.48. The molecule has 1 fully saturated rings. The topological polar surface area (TPSA) is 88.1 Å². The zero-order valence-electron chi connectivity index (χ0n) is 11.8. The fourth-order valence-corrected chi connectivity index (χ4v) is 2.93. The summed E-state index contributed by atoms with van der Waals surface area (Å²) in [5, 5.41) is 4.07. The summed E-state index contributed by atoms with van der Waals surface area (Å²) >= 11 is 6.07. The van der Waals surface area contributed by atoms with Crippen LogP contribution in [0.4, 0.5) is 5.69 Å². The number of benzene rings is 1. The third-order valence-electron chi connectivity index (χ3n) is 3.86. The number of amides is 2. The second-order valence-corrected chi connectivity index (χ2v) is 5.57. The number of carbonyl (C=O) groups is 3. The van der Waals surface area contributed by atoms with Gasteiger partial charge < -0.3 is 4.74 Å². The highest BCUT2D eigenvalue weighted by Crippen LogP contribution is 2.40. The summed E-state index contributed by atoms with van der Waals surface area (Å²) < 4.78 is 4.62. The van der Waals surface area contributed by atoms with Gasteiger partial charge in [-0.1, -0.05) is 23.7 Å². The van der Waals surface area contributed by atoms with Gasteiger partial charge in [-0.05, 0) is 19.1 Å². The Kier molecular flexibility index (Phi) is 3.17.